The van der Waals surface area contributed by atoms with Crippen LogP contribution in [-0.4, -0.2) is 10.1 Å². The molecule has 0 saturated carbocycles. The van der Waals surface area contributed by atoms with Crippen LogP contribution in [0, 0.1) is 0 Å². The van der Waals surface area contributed by atoms with Gasteiger partial charge in [0, 0.05) is 6.20 Å². The van der Waals surface area contributed by atoms with Crippen molar-refractivity contribution in [3.8, 4) is 11.5 Å². The minimum atomic E-state index is 0.239. The van der Waals surface area contributed by atoms with E-state index in [1.165, 1.54) is 0 Å². The van der Waals surface area contributed by atoms with Crippen LogP contribution in [0.1, 0.15) is 5.56 Å². The second-order valence-electron chi connectivity index (χ2n) is 4.82. The summed E-state index contributed by atoms with van der Waals surface area (Å²) in [6.45, 7) is 0.495. The molecule has 1 N–H and O–H groups in total. The van der Waals surface area contributed by atoms with Gasteiger partial charge < -0.3 is 9.94 Å². The van der Waals surface area contributed by atoms with Crippen LogP contribution in [0.4, 0.5) is 5.69 Å². The van der Waals surface area contributed by atoms with Crippen molar-refractivity contribution in [1.82, 2.24) is 4.98 Å². The first-order valence-electron chi connectivity index (χ1n) is 7.00. The third-order valence-electron chi connectivity index (χ3n) is 3.13. The lowest BCUT2D eigenvalue weighted by molar-refractivity contribution is 0.274. The number of anilines is 1. The van der Waals surface area contributed by atoms with Gasteiger partial charge in [0.15, 0.2) is 5.75 Å². The fraction of sp³-hybridized carbons (Fsp3) is 0.0556. The lowest BCUT2D eigenvalue weighted by Crippen LogP contribution is -2.26. The lowest BCUT2D eigenvalue weighted by atomic mass is 10.2. The number of benzene rings is 2. The second kappa shape index (κ2) is 6.63. The van der Waals surface area contributed by atoms with Crippen molar-refractivity contribution in [2.75, 3.05) is 5.06 Å². The Kier molecular flexibility index (Phi) is 4.20. The van der Waals surface area contributed by atoms with Crippen molar-refractivity contribution in [2.45, 2.75) is 6.54 Å². The SMILES string of the molecule is Oc1cccc(CN(Oc2ccccc2)c2cccnc2)c1. The molecule has 0 radical (unpaired) electrons. The zero-order valence-corrected chi connectivity index (χ0v) is 12.0. The molecule has 22 heavy (non-hydrogen) atoms. The molecular formula is C18H16N2O2. The minimum absolute atomic E-state index is 0.239. The summed E-state index contributed by atoms with van der Waals surface area (Å²) in [7, 11) is 0. The van der Waals surface area contributed by atoms with Crippen LogP contribution in [0.25, 0.3) is 0 Å². The number of nitrogens with zero attached hydrogens (tertiary/aromatic N) is 2. The number of rotatable bonds is 5. The summed E-state index contributed by atoms with van der Waals surface area (Å²) in [6.07, 6.45) is 3.46. The van der Waals surface area contributed by atoms with Gasteiger partial charge in [-0.15, -0.1) is 0 Å². The third kappa shape index (κ3) is 3.55. The number of phenolic OH excluding ortho intramolecular Hbond substituents is 1. The van der Waals surface area contributed by atoms with E-state index in [4.69, 9.17) is 4.84 Å². The summed E-state index contributed by atoms with van der Waals surface area (Å²) in [5, 5.41) is 11.4. The Bertz CT molecular complexity index is 717. The molecule has 3 aromatic rings. The van der Waals surface area contributed by atoms with Crippen molar-refractivity contribution in [2.24, 2.45) is 0 Å². The van der Waals surface area contributed by atoms with Gasteiger partial charge >= 0.3 is 0 Å². The molecule has 3 rings (SSSR count). The van der Waals surface area contributed by atoms with Crippen molar-refractivity contribution in [3.63, 3.8) is 0 Å². The summed E-state index contributed by atoms with van der Waals surface area (Å²) in [5.74, 6) is 0.981. The van der Waals surface area contributed by atoms with Gasteiger partial charge in [-0.1, -0.05) is 30.3 Å². The van der Waals surface area contributed by atoms with Crippen LogP contribution in [0.15, 0.2) is 79.1 Å². The standard InChI is InChI=1S/C18H16N2O2/c21-17-8-4-6-15(12-17)14-20(16-7-5-11-19-13-16)22-18-9-2-1-3-10-18/h1-13,21H,14H2. The number of aromatic hydroxyl groups is 1. The predicted molar refractivity (Wildman–Crippen MR) is 85.6 cm³/mol. The fourth-order valence-corrected chi connectivity index (χ4v) is 2.11. The highest BCUT2D eigenvalue weighted by Gasteiger charge is 2.10. The third-order valence-corrected chi connectivity index (χ3v) is 3.13. The molecule has 4 heteroatoms. The Hall–Kier alpha value is -3.01. The van der Waals surface area contributed by atoms with Crippen LogP contribution in [-0.2, 0) is 6.54 Å². The van der Waals surface area contributed by atoms with Crippen LogP contribution in [0.3, 0.4) is 0 Å². The number of aromatic nitrogens is 1. The maximum Gasteiger partial charge on any atom is 0.155 e. The fourth-order valence-electron chi connectivity index (χ4n) is 2.11. The van der Waals surface area contributed by atoms with Crippen LogP contribution in [0.2, 0.25) is 0 Å². The Morgan fingerprint density at radius 1 is 0.955 bits per heavy atom. The number of hydrogen-bond acceptors (Lipinski definition) is 4. The first-order valence-corrected chi connectivity index (χ1v) is 7.00. The molecule has 110 valence electrons. The summed E-state index contributed by atoms with van der Waals surface area (Å²) in [4.78, 5) is 10.1. The molecule has 1 aromatic heterocycles. The molecular weight excluding hydrogens is 276 g/mol. The van der Waals surface area contributed by atoms with E-state index >= 15 is 0 Å². The number of para-hydroxylation sites is 1. The molecule has 0 saturated heterocycles. The van der Waals surface area contributed by atoms with Crippen LogP contribution in [0.5, 0.6) is 11.5 Å². The first-order chi connectivity index (χ1) is 10.8. The van der Waals surface area contributed by atoms with E-state index < -0.39 is 0 Å². The molecule has 0 aliphatic carbocycles. The highest BCUT2D eigenvalue weighted by molar-refractivity contribution is 5.43. The summed E-state index contributed by atoms with van der Waals surface area (Å²) >= 11 is 0. The molecule has 0 atom stereocenters. The maximum atomic E-state index is 9.61. The molecule has 0 unspecified atom stereocenters. The average molecular weight is 292 g/mol. The zero-order valence-electron chi connectivity index (χ0n) is 12.0. The Morgan fingerprint density at radius 2 is 1.82 bits per heavy atom. The Balaban J connectivity index is 1.86. The van der Waals surface area contributed by atoms with E-state index in [1.54, 1.807) is 29.6 Å². The number of pyridine rings is 1. The predicted octanol–water partition coefficient (Wildman–Crippen LogP) is 3.79. The average Bonchev–Trinajstić information content (AvgIpc) is 2.56. The van der Waals surface area contributed by atoms with Gasteiger partial charge in [0.1, 0.15) is 5.75 Å². The van der Waals surface area contributed by atoms with Crippen LogP contribution >= 0.6 is 0 Å². The highest BCUT2D eigenvalue weighted by Crippen LogP contribution is 2.21. The topological polar surface area (TPSA) is 45.6 Å². The summed E-state index contributed by atoms with van der Waals surface area (Å²) in [6, 6.07) is 20.5. The van der Waals surface area contributed by atoms with E-state index in [0.29, 0.717) is 6.54 Å². The molecule has 2 aromatic carbocycles. The smallest absolute Gasteiger partial charge is 0.155 e. The van der Waals surface area contributed by atoms with Crippen molar-refractivity contribution in [1.29, 1.82) is 0 Å². The van der Waals surface area contributed by atoms with E-state index in [9.17, 15) is 5.11 Å². The van der Waals surface area contributed by atoms with Crippen molar-refractivity contribution in [3.05, 3.63) is 84.7 Å². The Labute approximate surface area is 129 Å². The van der Waals surface area contributed by atoms with Gasteiger partial charge in [-0.2, -0.15) is 0 Å². The van der Waals surface area contributed by atoms with Gasteiger partial charge in [0.2, 0.25) is 0 Å². The Morgan fingerprint density at radius 3 is 2.55 bits per heavy atom. The molecule has 4 nitrogen and oxygen atoms in total. The molecule has 0 spiro atoms. The van der Waals surface area contributed by atoms with Gasteiger partial charge in [0.05, 0.1) is 18.4 Å². The van der Waals surface area contributed by atoms with Gasteiger partial charge in [-0.05, 0) is 42.0 Å². The molecule has 0 aliphatic rings. The highest BCUT2D eigenvalue weighted by atomic mass is 16.7. The number of phenols is 1. The lowest BCUT2D eigenvalue weighted by Gasteiger charge is -2.24. The summed E-state index contributed by atoms with van der Waals surface area (Å²) < 4.78 is 0. The van der Waals surface area contributed by atoms with Crippen LogP contribution < -0.4 is 9.90 Å². The molecule has 0 fully saturated rings. The minimum Gasteiger partial charge on any atom is -0.508 e. The maximum absolute atomic E-state index is 9.61. The van der Waals surface area contributed by atoms with E-state index in [1.807, 2.05) is 54.6 Å². The number of hydrogen-bond donors (Lipinski definition) is 1. The zero-order chi connectivity index (χ0) is 15.2. The van der Waals surface area contributed by atoms with Crippen molar-refractivity contribution >= 4 is 5.69 Å². The first kappa shape index (κ1) is 13.9. The molecule has 1 heterocycles. The monoisotopic (exact) mass is 292 g/mol. The summed E-state index contributed by atoms with van der Waals surface area (Å²) in [5.41, 5.74) is 1.79. The molecule has 0 amide bonds. The van der Waals surface area contributed by atoms with E-state index in [2.05, 4.69) is 4.98 Å². The molecule has 0 aliphatic heterocycles. The van der Waals surface area contributed by atoms with Gasteiger partial charge in [-0.3, -0.25) is 4.98 Å². The van der Waals surface area contributed by atoms with Gasteiger partial charge in [0.25, 0.3) is 0 Å². The van der Waals surface area contributed by atoms with Gasteiger partial charge in [-0.25, -0.2) is 5.06 Å². The van der Waals surface area contributed by atoms with Crippen molar-refractivity contribution < 1.29 is 9.94 Å². The number of hydroxylamine groups is 1. The quantitative estimate of drug-likeness (QED) is 0.727. The van der Waals surface area contributed by atoms with E-state index in [-0.39, 0.29) is 5.75 Å². The molecule has 0 bridgehead atoms. The largest absolute Gasteiger partial charge is 0.508 e. The van der Waals surface area contributed by atoms with E-state index in [0.717, 1.165) is 17.0 Å². The normalized spacial score (nSPS) is 10.2. The second-order valence-corrected chi connectivity index (χ2v) is 4.82.